The molecule has 0 unspecified atom stereocenters. The lowest BCUT2D eigenvalue weighted by molar-refractivity contribution is -0.150. The number of rotatable bonds is 6. The molecule has 0 aromatic heterocycles. The van der Waals surface area contributed by atoms with Crippen LogP contribution in [0.1, 0.15) is 13.8 Å². The van der Waals surface area contributed by atoms with Crippen molar-refractivity contribution in [2.24, 2.45) is 0 Å². The van der Waals surface area contributed by atoms with Crippen molar-refractivity contribution < 1.29 is 14.7 Å². The van der Waals surface area contributed by atoms with Gasteiger partial charge in [0, 0.05) is 32.7 Å². The van der Waals surface area contributed by atoms with Crippen molar-refractivity contribution in [3.8, 4) is 0 Å². The molecule has 1 rings (SSSR count). The fourth-order valence-corrected chi connectivity index (χ4v) is 2.28. The van der Waals surface area contributed by atoms with Crippen LogP contribution in [0.5, 0.6) is 0 Å². The monoisotopic (exact) mass is 269 g/mol. The third kappa shape index (κ3) is 4.04. The standard InChI is InChI=1S/C13H23N3O3/c1-4-7-15(10-11(17)18)12(19)13(2,3)16-8-5-14-6-9-16/h4,14H,1,5-10H2,2-3H3,(H,17,18). The van der Waals surface area contributed by atoms with E-state index < -0.39 is 11.5 Å². The quantitative estimate of drug-likeness (QED) is 0.652. The molecular formula is C13H23N3O3. The number of nitrogens with one attached hydrogen (secondary N) is 1. The molecule has 1 aliphatic heterocycles. The molecule has 1 fully saturated rings. The van der Waals surface area contributed by atoms with Crippen LogP contribution in [0.2, 0.25) is 0 Å². The molecule has 0 spiro atoms. The van der Waals surface area contributed by atoms with Crippen LogP contribution in [-0.4, -0.2) is 71.6 Å². The largest absolute Gasteiger partial charge is 0.480 e. The summed E-state index contributed by atoms with van der Waals surface area (Å²) in [5, 5.41) is 12.1. The molecule has 6 nitrogen and oxygen atoms in total. The maximum atomic E-state index is 12.5. The summed E-state index contributed by atoms with van der Waals surface area (Å²) in [5.74, 6) is -1.18. The van der Waals surface area contributed by atoms with Crippen LogP contribution in [0.3, 0.4) is 0 Å². The Kier molecular flexibility index (Phi) is 5.50. The molecule has 0 aliphatic carbocycles. The molecule has 0 radical (unpaired) electrons. The molecular weight excluding hydrogens is 246 g/mol. The van der Waals surface area contributed by atoms with E-state index in [2.05, 4.69) is 16.8 Å². The van der Waals surface area contributed by atoms with Gasteiger partial charge in [0.25, 0.3) is 0 Å². The van der Waals surface area contributed by atoms with E-state index in [1.54, 1.807) is 6.08 Å². The van der Waals surface area contributed by atoms with Crippen LogP contribution in [-0.2, 0) is 9.59 Å². The van der Waals surface area contributed by atoms with E-state index in [1.165, 1.54) is 4.90 Å². The number of carboxylic acid groups (broad SMARTS) is 1. The van der Waals surface area contributed by atoms with Gasteiger partial charge in [-0.3, -0.25) is 14.5 Å². The van der Waals surface area contributed by atoms with Gasteiger partial charge in [0.05, 0.1) is 5.54 Å². The van der Waals surface area contributed by atoms with Crippen molar-refractivity contribution in [2.75, 3.05) is 39.3 Å². The second kappa shape index (κ2) is 6.68. The molecule has 0 bridgehead atoms. The lowest BCUT2D eigenvalue weighted by atomic mass is 9.99. The predicted molar refractivity (Wildman–Crippen MR) is 72.9 cm³/mol. The van der Waals surface area contributed by atoms with Crippen molar-refractivity contribution in [3.63, 3.8) is 0 Å². The van der Waals surface area contributed by atoms with Gasteiger partial charge in [-0.15, -0.1) is 6.58 Å². The Morgan fingerprint density at radius 2 is 2.00 bits per heavy atom. The van der Waals surface area contributed by atoms with Gasteiger partial charge in [0.15, 0.2) is 0 Å². The molecule has 6 heteroatoms. The van der Waals surface area contributed by atoms with E-state index >= 15 is 0 Å². The van der Waals surface area contributed by atoms with Crippen LogP contribution < -0.4 is 5.32 Å². The minimum atomic E-state index is -1.01. The lowest BCUT2D eigenvalue weighted by Gasteiger charge is -2.42. The maximum absolute atomic E-state index is 12.5. The lowest BCUT2D eigenvalue weighted by Crippen LogP contribution is -2.61. The van der Waals surface area contributed by atoms with Crippen LogP contribution in [0.15, 0.2) is 12.7 Å². The van der Waals surface area contributed by atoms with Gasteiger partial charge < -0.3 is 15.3 Å². The highest BCUT2D eigenvalue weighted by Crippen LogP contribution is 2.18. The second-order valence-corrected chi connectivity index (χ2v) is 5.16. The molecule has 0 saturated carbocycles. The summed E-state index contributed by atoms with van der Waals surface area (Å²) in [7, 11) is 0. The first kappa shape index (κ1) is 15.7. The number of nitrogens with zero attached hydrogens (tertiary/aromatic N) is 2. The number of aliphatic carboxylic acids is 1. The first-order valence-electron chi connectivity index (χ1n) is 6.47. The molecule has 0 aromatic carbocycles. The summed E-state index contributed by atoms with van der Waals surface area (Å²) in [6, 6.07) is 0. The van der Waals surface area contributed by atoms with Gasteiger partial charge in [-0.25, -0.2) is 0 Å². The SMILES string of the molecule is C=CCN(CC(=O)O)C(=O)C(C)(C)N1CCNCC1. The van der Waals surface area contributed by atoms with Gasteiger partial charge in [0.2, 0.25) is 5.91 Å². The van der Waals surface area contributed by atoms with E-state index in [1.807, 2.05) is 13.8 Å². The topological polar surface area (TPSA) is 72.9 Å². The molecule has 1 heterocycles. The molecule has 0 aromatic rings. The van der Waals surface area contributed by atoms with E-state index in [-0.39, 0.29) is 19.0 Å². The highest BCUT2D eigenvalue weighted by Gasteiger charge is 2.38. The zero-order valence-electron chi connectivity index (χ0n) is 11.7. The zero-order valence-corrected chi connectivity index (χ0v) is 11.7. The summed E-state index contributed by atoms with van der Waals surface area (Å²) in [6.07, 6.45) is 1.55. The Labute approximate surface area is 114 Å². The van der Waals surface area contributed by atoms with E-state index in [0.717, 1.165) is 26.2 Å². The first-order valence-corrected chi connectivity index (χ1v) is 6.47. The number of carbonyl (C=O) groups excluding carboxylic acids is 1. The van der Waals surface area contributed by atoms with Crippen molar-refractivity contribution in [1.29, 1.82) is 0 Å². The third-order valence-corrected chi connectivity index (χ3v) is 3.39. The van der Waals surface area contributed by atoms with Gasteiger partial charge in [-0.05, 0) is 13.8 Å². The summed E-state index contributed by atoms with van der Waals surface area (Å²) in [5.41, 5.74) is -0.694. The van der Waals surface area contributed by atoms with Crippen molar-refractivity contribution in [1.82, 2.24) is 15.1 Å². The van der Waals surface area contributed by atoms with E-state index in [9.17, 15) is 9.59 Å². The first-order chi connectivity index (χ1) is 8.89. The Bertz CT molecular complexity index is 349. The Hall–Kier alpha value is -1.40. The number of carbonyl (C=O) groups is 2. The Balaban J connectivity index is 2.79. The predicted octanol–water partition coefficient (Wildman–Crippen LogP) is -0.231. The molecule has 0 atom stereocenters. The third-order valence-electron chi connectivity index (χ3n) is 3.39. The summed E-state index contributed by atoms with van der Waals surface area (Å²) < 4.78 is 0. The van der Waals surface area contributed by atoms with Gasteiger partial charge in [-0.2, -0.15) is 0 Å². The number of hydrogen-bond acceptors (Lipinski definition) is 4. The van der Waals surface area contributed by atoms with Crippen molar-refractivity contribution in [3.05, 3.63) is 12.7 Å². The highest BCUT2D eigenvalue weighted by atomic mass is 16.4. The maximum Gasteiger partial charge on any atom is 0.323 e. The van der Waals surface area contributed by atoms with Gasteiger partial charge in [0.1, 0.15) is 6.54 Å². The molecule has 1 saturated heterocycles. The minimum absolute atomic E-state index is 0.170. The fraction of sp³-hybridized carbons (Fsp3) is 0.692. The van der Waals surface area contributed by atoms with Crippen LogP contribution in [0.25, 0.3) is 0 Å². The highest BCUT2D eigenvalue weighted by molar-refractivity contribution is 5.88. The number of hydrogen-bond donors (Lipinski definition) is 2. The van der Waals surface area contributed by atoms with Crippen LogP contribution in [0.4, 0.5) is 0 Å². The number of piperazine rings is 1. The van der Waals surface area contributed by atoms with Gasteiger partial charge in [-0.1, -0.05) is 6.08 Å². The Morgan fingerprint density at radius 1 is 1.42 bits per heavy atom. The smallest absolute Gasteiger partial charge is 0.323 e. The van der Waals surface area contributed by atoms with Crippen LogP contribution >= 0.6 is 0 Å². The summed E-state index contributed by atoms with van der Waals surface area (Å²) in [4.78, 5) is 26.8. The van der Waals surface area contributed by atoms with Crippen molar-refractivity contribution >= 4 is 11.9 Å². The van der Waals surface area contributed by atoms with E-state index in [4.69, 9.17) is 5.11 Å². The average Bonchev–Trinajstić information content (AvgIpc) is 2.38. The summed E-state index contributed by atoms with van der Waals surface area (Å²) >= 11 is 0. The van der Waals surface area contributed by atoms with E-state index in [0.29, 0.717) is 0 Å². The fourth-order valence-electron chi connectivity index (χ4n) is 2.28. The molecule has 1 amide bonds. The van der Waals surface area contributed by atoms with Crippen molar-refractivity contribution in [2.45, 2.75) is 19.4 Å². The number of amides is 1. The molecule has 2 N–H and O–H groups in total. The molecule has 1 aliphatic rings. The zero-order chi connectivity index (χ0) is 14.5. The molecule has 19 heavy (non-hydrogen) atoms. The molecule has 108 valence electrons. The summed E-state index contributed by atoms with van der Waals surface area (Å²) in [6.45, 7) is 10.5. The normalized spacial score (nSPS) is 16.9. The van der Waals surface area contributed by atoms with Crippen LogP contribution in [0, 0.1) is 0 Å². The van der Waals surface area contributed by atoms with Gasteiger partial charge >= 0.3 is 5.97 Å². The minimum Gasteiger partial charge on any atom is -0.480 e. The number of carboxylic acids is 1. The Morgan fingerprint density at radius 3 is 2.47 bits per heavy atom. The average molecular weight is 269 g/mol. The second-order valence-electron chi connectivity index (χ2n) is 5.16.